The first-order valence-electron chi connectivity index (χ1n) is 11.2. The van der Waals surface area contributed by atoms with Crippen LogP contribution in [-0.4, -0.2) is 24.5 Å². The van der Waals surface area contributed by atoms with Crippen molar-refractivity contribution >= 4 is 52.8 Å². The fourth-order valence-electron chi connectivity index (χ4n) is 3.44. The van der Waals surface area contributed by atoms with Gasteiger partial charge in [-0.1, -0.05) is 48.3 Å². The summed E-state index contributed by atoms with van der Waals surface area (Å²) in [4.78, 5) is 38.9. The maximum atomic E-state index is 13.1. The first-order chi connectivity index (χ1) is 17.4. The van der Waals surface area contributed by atoms with Crippen molar-refractivity contribution in [3.05, 3.63) is 93.5 Å². The number of hydrogen-bond acceptors (Lipinski definition) is 5. The van der Waals surface area contributed by atoms with Gasteiger partial charge in [0.2, 0.25) is 0 Å². The number of anilines is 1. The Morgan fingerprint density at radius 3 is 2.31 bits per heavy atom. The van der Waals surface area contributed by atoms with Crippen LogP contribution in [-0.2, 0) is 16.2 Å². The molecule has 0 unspecified atom stereocenters. The number of hydrogen-bond donors (Lipinski definition) is 1. The molecule has 1 heterocycles. The molecule has 9 heteroatoms. The molecule has 1 aliphatic rings. The summed E-state index contributed by atoms with van der Waals surface area (Å²) in [6.45, 7) is 2.83. The molecule has 1 aliphatic heterocycles. The molecule has 0 radical (unpaired) electrons. The first-order valence-corrected chi connectivity index (χ1v) is 11.9. The fourth-order valence-corrected chi connectivity index (χ4v) is 3.81. The molecule has 4 rings (SSSR count). The van der Waals surface area contributed by atoms with E-state index in [-0.39, 0.29) is 12.2 Å². The number of amides is 4. The highest BCUT2D eigenvalue weighted by Crippen LogP contribution is 2.29. The molecular weight excluding hydrogens is 503 g/mol. The van der Waals surface area contributed by atoms with Crippen molar-refractivity contribution in [3.63, 3.8) is 0 Å². The van der Waals surface area contributed by atoms with Gasteiger partial charge in [-0.25, -0.2) is 9.69 Å². The smallest absolute Gasteiger partial charge is 0.335 e. The molecule has 184 valence electrons. The second-order valence-corrected chi connectivity index (χ2v) is 8.75. The minimum atomic E-state index is -0.826. The zero-order valence-electron chi connectivity index (χ0n) is 19.3. The van der Waals surface area contributed by atoms with E-state index < -0.39 is 17.8 Å². The number of carbonyl (C=O) groups is 3. The third-order valence-electron chi connectivity index (χ3n) is 5.24. The lowest BCUT2D eigenvalue weighted by atomic mass is 10.1. The van der Waals surface area contributed by atoms with Crippen molar-refractivity contribution in [3.8, 4) is 11.5 Å². The number of benzene rings is 3. The van der Waals surface area contributed by atoms with Crippen molar-refractivity contribution in [1.82, 2.24) is 5.32 Å². The molecule has 0 aromatic heterocycles. The monoisotopic (exact) mass is 524 g/mol. The van der Waals surface area contributed by atoms with Gasteiger partial charge in [0.15, 0.2) is 0 Å². The molecule has 0 saturated carbocycles. The molecule has 0 bridgehead atoms. The first kappa shape index (κ1) is 25.3. The van der Waals surface area contributed by atoms with E-state index in [0.717, 1.165) is 16.9 Å². The number of nitrogens with one attached hydrogen (secondary N) is 1. The van der Waals surface area contributed by atoms with Gasteiger partial charge in [0.1, 0.15) is 23.7 Å². The molecule has 7 nitrogen and oxygen atoms in total. The number of ether oxygens (including phenoxy) is 2. The van der Waals surface area contributed by atoms with Gasteiger partial charge in [-0.15, -0.1) is 0 Å². The van der Waals surface area contributed by atoms with E-state index >= 15 is 0 Å². The van der Waals surface area contributed by atoms with E-state index in [1.165, 1.54) is 6.08 Å². The molecular formula is C27H22Cl2N2O5. The van der Waals surface area contributed by atoms with E-state index in [1.807, 2.05) is 19.1 Å². The van der Waals surface area contributed by atoms with Gasteiger partial charge in [-0.05, 0) is 72.2 Å². The summed E-state index contributed by atoms with van der Waals surface area (Å²) in [7, 11) is 0. The summed E-state index contributed by atoms with van der Waals surface area (Å²) >= 11 is 12.3. The standard InChI is InChI=1S/C27H22Cl2N2O5/c1-2-13-35-21-10-8-20(9-11-21)31-26(33)22(25(32)30-27(31)34)14-18-5-12-24(23(29)15-18)36-16-17-3-6-19(28)7-4-17/h3-12,14-15H,2,13,16H2,1H3,(H,30,32,34)/b22-14-. The van der Waals surface area contributed by atoms with Gasteiger partial charge in [0.05, 0.1) is 17.3 Å². The number of rotatable bonds is 8. The lowest BCUT2D eigenvalue weighted by molar-refractivity contribution is -0.122. The topological polar surface area (TPSA) is 84.9 Å². The average molecular weight is 525 g/mol. The summed E-state index contributed by atoms with van der Waals surface area (Å²) in [5.74, 6) is -0.478. The van der Waals surface area contributed by atoms with Crippen LogP contribution < -0.4 is 19.7 Å². The Hall–Kier alpha value is -3.81. The van der Waals surface area contributed by atoms with Crippen molar-refractivity contribution < 1.29 is 23.9 Å². The summed E-state index contributed by atoms with van der Waals surface area (Å²) in [5.41, 5.74) is 1.52. The largest absolute Gasteiger partial charge is 0.494 e. The van der Waals surface area contributed by atoms with E-state index in [4.69, 9.17) is 32.7 Å². The number of halogens is 2. The second kappa shape index (κ2) is 11.3. The predicted octanol–water partition coefficient (Wildman–Crippen LogP) is 6.03. The van der Waals surface area contributed by atoms with Crippen molar-refractivity contribution in [2.24, 2.45) is 0 Å². The Morgan fingerprint density at radius 2 is 1.64 bits per heavy atom. The summed E-state index contributed by atoms with van der Waals surface area (Å²) in [6, 6.07) is 17.8. The second-order valence-electron chi connectivity index (χ2n) is 7.91. The molecule has 3 aromatic rings. The zero-order chi connectivity index (χ0) is 25.7. The highest BCUT2D eigenvalue weighted by molar-refractivity contribution is 6.39. The van der Waals surface area contributed by atoms with Crippen LogP contribution in [0.2, 0.25) is 10.0 Å². The van der Waals surface area contributed by atoms with Crippen LogP contribution in [0.1, 0.15) is 24.5 Å². The average Bonchev–Trinajstić information content (AvgIpc) is 2.86. The van der Waals surface area contributed by atoms with Crippen LogP contribution in [0.25, 0.3) is 6.08 Å². The van der Waals surface area contributed by atoms with Crippen LogP contribution in [0, 0.1) is 0 Å². The van der Waals surface area contributed by atoms with Gasteiger partial charge in [-0.3, -0.25) is 14.9 Å². The normalized spacial score (nSPS) is 14.7. The van der Waals surface area contributed by atoms with E-state index in [0.29, 0.717) is 39.4 Å². The van der Waals surface area contributed by atoms with Crippen LogP contribution in [0.5, 0.6) is 11.5 Å². The van der Waals surface area contributed by atoms with E-state index in [2.05, 4.69) is 5.32 Å². The van der Waals surface area contributed by atoms with Crippen molar-refractivity contribution in [1.29, 1.82) is 0 Å². The summed E-state index contributed by atoms with van der Waals surface area (Å²) in [6.07, 6.45) is 2.23. The Bertz CT molecular complexity index is 1320. The molecule has 1 fully saturated rings. The summed E-state index contributed by atoms with van der Waals surface area (Å²) < 4.78 is 11.3. The minimum absolute atomic E-state index is 0.202. The van der Waals surface area contributed by atoms with Crippen LogP contribution in [0.15, 0.2) is 72.3 Å². The Balaban J connectivity index is 1.52. The molecule has 0 spiro atoms. The number of imide groups is 2. The van der Waals surface area contributed by atoms with Gasteiger partial charge in [0, 0.05) is 5.02 Å². The molecule has 0 atom stereocenters. The number of barbiturate groups is 1. The lowest BCUT2D eigenvalue weighted by Gasteiger charge is -2.26. The molecule has 3 aromatic carbocycles. The Morgan fingerprint density at radius 1 is 0.917 bits per heavy atom. The lowest BCUT2D eigenvalue weighted by Crippen LogP contribution is -2.54. The molecule has 4 amide bonds. The van der Waals surface area contributed by atoms with Crippen molar-refractivity contribution in [2.45, 2.75) is 20.0 Å². The van der Waals surface area contributed by atoms with Crippen molar-refractivity contribution in [2.75, 3.05) is 11.5 Å². The van der Waals surface area contributed by atoms with Gasteiger partial charge in [0.25, 0.3) is 11.8 Å². The summed E-state index contributed by atoms with van der Waals surface area (Å²) in [5, 5.41) is 3.14. The van der Waals surface area contributed by atoms with Crippen LogP contribution in [0.4, 0.5) is 10.5 Å². The maximum absolute atomic E-state index is 13.1. The number of urea groups is 1. The highest BCUT2D eigenvalue weighted by atomic mass is 35.5. The van der Waals surface area contributed by atoms with E-state index in [9.17, 15) is 14.4 Å². The van der Waals surface area contributed by atoms with Gasteiger partial charge >= 0.3 is 6.03 Å². The zero-order valence-corrected chi connectivity index (χ0v) is 20.8. The Kier molecular flexibility index (Phi) is 7.93. The molecule has 36 heavy (non-hydrogen) atoms. The number of carbonyl (C=O) groups excluding carboxylic acids is 3. The third-order valence-corrected chi connectivity index (χ3v) is 5.79. The SMILES string of the molecule is CCCOc1ccc(N2C(=O)NC(=O)/C(=C/c3ccc(OCc4ccc(Cl)cc4)c(Cl)c3)C2=O)cc1. The maximum Gasteiger partial charge on any atom is 0.335 e. The van der Waals surface area contributed by atoms with Crippen LogP contribution >= 0.6 is 23.2 Å². The number of nitrogens with zero attached hydrogens (tertiary/aromatic N) is 1. The minimum Gasteiger partial charge on any atom is -0.494 e. The third kappa shape index (κ3) is 5.87. The molecule has 0 aliphatic carbocycles. The Labute approximate surface area is 218 Å². The van der Waals surface area contributed by atoms with E-state index in [1.54, 1.807) is 54.6 Å². The predicted molar refractivity (Wildman–Crippen MR) is 138 cm³/mol. The fraction of sp³-hybridized carbons (Fsp3) is 0.148. The van der Waals surface area contributed by atoms with Gasteiger partial charge < -0.3 is 9.47 Å². The van der Waals surface area contributed by atoms with Gasteiger partial charge in [-0.2, -0.15) is 0 Å². The molecule has 1 saturated heterocycles. The highest BCUT2D eigenvalue weighted by Gasteiger charge is 2.36. The quantitative estimate of drug-likeness (QED) is 0.287. The van der Waals surface area contributed by atoms with Crippen LogP contribution in [0.3, 0.4) is 0 Å². The molecule has 1 N–H and O–H groups in total.